The molecule has 1 aromatic carbocycles. The molecule has 0 radical (unpaired) electrons. The van der Waals surface area contributed by atoms with Crippen molar-refractivity contribution >= 4 is 11.9 Å². The zero-order valence-electron chi connectivity index (χ0n) is 11.5. The molecule has 0 saturated heterocycles. The number of carboxylic acid groups (broad SMARTS) is 1. The van der Waals surface area contributed by atoms with E-state index in [1.807, 2.05) is 0 Å². The summed E-state index contributed by atoms with van der Waals surface area (Å²) in [6, 6.07) is 4.05. The molecule has 2 atom stereocenters. The van der Waals surface area contributed by atoms with Gasteiger partial charge in [-0.25, -0.2) is 4.39 Å². The molecule has 0 heterocycles. The van der Waals surface area contributed by atoms with Gasteiger partial charge in [0, 0.05) is 6.04 Å². The van der Waals surface area contributed by atoms with Crippen LogP contribution >= 0.6 is 0 Å². The second kappa shape index (κ2) is 6.39. The van der Waals surface area contributed by atoms with Gasteiger partial charge in [0.15, 0.2) is 11.6 Å². The third-order valence-electron chi connectivity index (χ3n) is 3.33. The molecule has 5 nitrogen and oxygen atoms in total. The Morgan fingerprint density at radius 3 is 2.76 bits per heavy atom. The van der Waals surface area contributed by atoms with Gasteiger partial charge >= 0.3 is 5.97 Å². The van der Waals surface area contributed by atoms with Crippen molar-refractivity contribution < 1.29 is 23.8 Å². The minimum Gasteiger partial charge on any atom is -0.494 e. The molecule has 0 saturated carbocycles. The molecule has 21 heavy (non-hydrogen) atoms. The number of hydrogen-bond donors (Lipinski definition) is 2. The third kappa shape index (κ3) is 3.81. The largest absolute Gasteiger partial charge is 0.494 e. The van der Waals surface area contributed by atoms with E-state index in [9.17, 15) is 14.0 Å². The van der Waals surface area contributed by atoms with E-state index in [1.54, 1.807) is 18.2 Å². The molecule has 1 aliphatic rings. The SMILES string of the molecule is COc1ccc(CC(=O)NC2C=CC(C(=O)O)C2)cc1F. The van der Waals surface area contributed by atoms with E-state index in [-0.39, 0.29) is 24.1 Å². The predicted molar refractivity (Wildman–Crippen MR) is 73.5 cm³/mol. The first-order valence-electron chi connectivity index (χ1n) is 6.52. The lowest BCUT2D eigenvalue weighted by atomic mass is 10.1. The smallest absolute Gasteiger partial charge is 0.310 e. The number of benzene rings is 1. The third-order valence-corrected chi connectivity index (χ3v) is 3.33. The fraction of sp³-hybridized carbons (Fsp3) is 0.333. The maximum Gasteiger partial charge on any atom is 0.310 e. The normalized spacial score (nSPS) is 20.3. The van der Waals surface area contributed by atoms with Gasteiger partial charge in [0.25, 0.3) is 0 Å². The maximum absolute atomic E-state index is 13.5. The van der Waals surface area contributed by atoms with Gasteiger partial charge in [-0.1, -0.05) is 18.2 Å². The van der Waals surface area contributed by atoms with E-state index in [2.05, 4.69) is 5.32 Å². The van der Waals surface area contributed by atoms with Crippen LogP contribution in [0.5, 0.6) is 5.75 Å². The second-order valence-corrected chi connectivity index (χ2v) is 4.89. The van der Waals surface area contributed by atoms with Crippen molar-refractivity contribution in [2.24, 2.45) is 5.92 Å². The van der Waals surface area contributed by atoms with Crippen LogP contribution in [0.15, 0.2) is 30.4 Å². The molecule has 0 fully saturated rings. The molecular formula is C15H16FNO4. The predicted octanol–water partition coefficient (Wildman–Crippen LogP) is 1.52. The van der Waals surface area contributed by atoms with Crippen LogP contribution < -0.4 is 10.1 Å². The molecule has 2 rings (SSSR count). The second-order valence-electron chi connectivity index (χ2n) is 4.89. The lowest BCUT2D eigenvalue weighted by molar-refractivity contribution is -0.140. The number of nitrogens with one attached hydrogen (secondary N) is 1. The van der Waals surface area contributed by atoms with E-state index >= 15 is 0 Å². The van der Waals surface area contributed by atoms with Crippen molar-refractivity contribution in [3.8, 4) is 5.75 Å². The number of methoxy groups -OCH3 is 1. The summed E-state index contributed by atoms with van der Waals surface area (Å²) in [5.74, 6) is -2.13. The Bertz CT molecular complexity index is 585. The van der Waals surface area contributed by atoms with Gasteiger partial charge in [0.2, 0.25) is 5.91 Å². The molecule has 0 aliphatic heterocycles. The minimum atomic E-state index is -0.903. The standard InChI is InChI=1S/C15H16FNO4/c1-21-13-5-2-9(6-12(13)16)7-14(18)17-11-4-3-10(8-11)15(19)20/h2-6,10-11H,7-8H2,1H3,(H,17,18)(H,19,20). The summed E-state index contributed by atoms with van der Waals surface area (Å²) in [5, 5.41) is 11.6. The molecule has 2 unspecified atom stereocenters. The van der Waals surface area contributed by atoms with Gasteiger partial charge in [-0.2, -0.15) is 0 Å². The van der Waals surface area contributed by atoms with Crippen LogP contribution in [-0.4, -0.2) is 30.1 Å². The average Bonchev–Trinajstić information content (AvgIpc) is 2.87. The quantitative estimate of drug-likeness (QED) is 0.807. The Hall–Kier alpha value is -2.37. The van der Waals surface area contributed by atoms with Gasteiger partial charge < -0.3 is 15.2 Å². The Kier molecular flexibility index (Phi) is 4.57. The summed E-state index contributed by atoms with van der Waals surface area (Å²) in [4.78, 5) is 22.7. The Morgan fingerprint density at radius 2 is 2.19 bits per heavy atom. The Labute approximate surface area is 121 Å². The van der Waals surface area contributed by atoms with Crippen LogP contribution in [0.2, 0.25) is 0 Å². The van der Waals surface area contributed by atoms with E-state index in [4.69, 9.17) is 9.84 Å². The first kappa shape index (κ1) is 15.0. The number of amides is 1. The lowest BCUT2D eigenvalue weighted by Gasteiger charge is -2.12. The fourth-order valence-electron chi connectivity index (χ4n) is 2.25. The summed E-state index contributed by atoms with van der Waals surface area (Å²) >= 11 is 0. The first-order valence-corrected chi connectivity index (χ1v) is 6.52. The molecule has 1 amide bonds. The first-order chi connectivity index (χ1) is 9.99. The number of halogens is 1. The minimum absolute atomic E-state index is 0.0307. The number of carbonyl (C=O) groups is 2. The van der Waals surface area contributed by atoms with Crippen LogP contribution in [0.25, 0.3) is 0 Å². The Morgan fingerprint density at radius 1 is 1.43 bits per heavy atom. The summed E-state index contributed by atoms with van der Waals surface area (Å²) in [6.45, 7) is 0. The molecule has 0 aromatic heterocycles. The van der Waals surface area contributed by atoms with Crippen LogP contribution in [0, 0.1) is 11.7 Å². The summed E-state index contributed by atoms with van der Waals surface area (Å²) in [5.41, 5.74) is 0.530. The van der Waals surface area contributed by atoms with Crippen LogP contribution in [0.4, 0.5) is 4.39 Å². The van der Waals surface area contributed by atoms with E-state index < -0.39 is 17.7 Å². The molecule has 2 N–H and O–H groups in total. The van der Waals surface area contributed by atoms with E-state index in [0.717, 1.165) is 0 Å². The van der Waals surface area contributed by atoms with Crippen molar-refractivity contribution in [1.29, 1.82) is 0 Å². The maximum atomic E-state index is 13.5. The molecule has 0 spiro atoms. The van der Waals surface area contributed by atoms with Crippen molar-refractivity contribution in [1.82, 2.24) is 5.32 Å². The number of carbonyl (C=O) groups excluding carboxylic acids is 1. The number of carboxylic acids is 1. The van der Waals surface area contributed by atoms with Gasteiger partial charge in [0.05, 0.1) is 19.4 Å². The van der Waals surface area contributed by atoms with Gasteiger partial charge in [-0.3, -0.25) is 9.59 Å². The molecule has 0 bridgehead atoms. The average molecular weight is 293 g/mol. The topological polar surface area (TPSA) is 75.6 Å². The number of rotatable bonds is 5. The number of ether oxygens (including phenoxy) is 1. The van der Waals surface area contributed by atoms with Gasteiger partial charge in [-0.05, 0) is 24.1 Å². The van der Waals surface area contributed by atoms with Crippen LogP contribution in [0.1, 0.15) is 12.0 Å². The van der Waals surface area contributed by atoms with Crippen molar-refractivity contribution in [2.45, 2.75) is 18.9 Å². The summed E-state index contributed by atoms with van der Waals surface area (Å²) in [7, 11) is 1.37. The molecule has 1 aliphatic carbocycles. The molecular weight excluding hydrogens is 277 g/mol. The van der Waals surface area contributed by atoms with Gasteiger partial charge in [-0.15, -0.1) is 0 Å². The highest BCUT2D eigenvalue weighted by Crippen LogP contribution is 2.19. The highest BCUT2D eigenvalue weighted by molar-refractivity contribution is 5.80. The van der Waals surface area contributed by atoms with Crippen LogP contribution in [-0.2, 0) is 16.0 Å². The fourth-order valence-corrected chi connectivity index (χ4v) is 2.25. The highest BCUT2D eigenvalue weighted by Gasteiger charge is 2.25. The zero-order chi connectivity index (χ0) is 15.4. The zero-order valence-corrected chi connectivity index (χ0v) is 11.5. The van der Waals surface area contributed by atoms with Gasteiger partial charge in [0.1, 0.15) is 0 Å². The molecule has 6 heteroatoms. The number of hydrogen-bond acceptors (Lipinski definition) is 3. The highest BCUT2D eigenvalue weighted by atomic mass is 19.1. The van der Waals surface area contributed by atoms with E-state index in [1.165, 1.54) is 19.2 Å². The van der Waals surface area contributed by atoms with Crippen molar-refractivity contribution in [3.63, 3.8) is 0 Å². The summed E-state index contributed by atoms with van der Waals surface area (Å²) < 4.78 is 18.3. The summed E-state index contributed by atoms with van der Waals surface area (Å²) in [6.07, 6.45) is 3.62. The van der Waals surface area contributed by atoms with Crippen molar-refractivity contribution in [2.75, 3.05) is 7.11 Å². The Balaban J connectivity index is 1.89. The monoisotopic (exact) mass is 293 g/mol. The lowest BCUT2D eigenvalue weighted by Crippen LogP contribution is -2.34. The molecule has 1 aromatic rings. The van der Waals surface area contributed by atoms with Crippen molar-refractivity contribution in [3.05, 3.63) is 41.7 Å². The number of aliphatic carboxylic acids is 1. The van der Waals surface area contributed by atoms with Crippen LogP contribution in [0.3, 0.4) is 0 Å². The molecule has 112 valence electrons. The van der Waals surface area contributed by atoms with E-state index in [0.29, 0.717) is 12.0 Å².